The summed E-state index contributed by atoms with van der Waals surface area (Å²) in [5, 5.41) is 5.80. The Labute approximate surface area is 239 Å². The van der Waals surface area contributed by atoms with Gasteiger partial charge in [0.05, 0.1) is 0 Å². The van der Waals surface area contributed by atoms with Crippen molar-refractivity contribution in [1.29, 1.82) is 0 Å². The highest BCUT2D eigenvalue weighted by Gasteiger charge is 2.43. The van der Waals surface area contributed by atoms with Gasteiger partial charge >= 0.3 is 6.09 Å². The first-order valence-electron chi connectivity index (χ1n) is 13.4. The lowest BCUT2D eigenvalue weighted by Gasteiger charge is -2.45. The molecule has 2 aromatic rings. The molecule has 0 saturated carbocycles. The molecule has 3 amide bonds. The number of alkyl carbamates (subject to hydrolysis) is 1. The van der Waals surface area contributed by atoms with Gasteiger partial charge in [-0.25, -0.2) is 4.79 Å². The van der Waals surface area contributed by atoms with Crippen molar-refractivity contribution in [3.8, 4) is 0 Å². The number of para-hydroxylation sites is 1. The summed E-state index contributed by atoms with van der Waals surface area (Å²) in [4.78, 5) is 42.8. The maximum Gasteiger partial charge on any atom is 0.408 e. The topological polar surface area (TPSA) is 87.7 Å². The Bertz CT molecular complexity index is 1180. The fraction of sp³-hybridized carbons (Fsp3) is 0.516. The summed E-state index contributed by atoms with van der Waals surface area (Å²) < 4.78 is 5.41. The summed E-state index contributed by atoms with van der Waals surface area (Å²) in [6, 6.07) is 9.75. The first-order valence-corrected chi connectivity index (χ1v) is 14.0. The second kappa shape index (κ2) is 12.9. The van der Waals surface area contributed by atoms with Gasteiger partial charge in [0.2, 0.25) is 5.91 Å². The third-order valence-corrected chi connectivity index (χ3v) is 7.26. The van der Waals surface area contributed by atoms with E-state index in [2.05, 4.69) is 23.3 Å². The molecule has 0 fully saturated rings. The van der Waals surface area contributed by atoms with Gasteiger partial charge in [-0.05, 0) is 91.0 Å². The van der Waals surface area contributed by atoms with Crippen molar-refractivity contribution in [2.24, 2.45) is 0 Å². The van der Waals surface area contributed by atoms with Crippen LogP contribution in [0.2, 0.25) is 0 Å². The molecule has 2 aromatic carbocycles. The lowest BCUT2D eigenvalue weighted by Crippen LogP contribution is -2.59. The van der Waals surface area contributed by atoms with Gasteiger partial charge in [0, 0.05) is 17.0 Å². The van der Waals surface area contributed by atoms with Crippen LogP contribution in [0.1, 0.15) is 81.8 Å². The normalized spacial score (nSPS) is 13.3. The first-order chi connectivity index (χ1) is 18.0. The number of rotatable bonds is 9. The average molecular weight is 556 g/mol. The molecular weight excluding hydrogens is 510 g/mol. The number of benzene rings is 2. The largest absolute Gasteiger partial charge is 0.444 e. The van der Waals surface area contributed by atoms with E-state index in [-0.39, 0.29) is 11.7 Å². The monoisotopic (exact) mass is 555 g/mol. The second-order valence-corrected chi connectivity index (χ2v) is 12.1. The van der Waals surface area contributed by atoms with Gasteiger partial charge in [0.1, 0.15) is 17.7 Å². The number of nitrogens with zero attached hydrogens (tertiary/aromatic N) is 1. The SMILES string of the molecule is CCC(C)(C)N(C(=O)C(CS)NC(=O)OC(C)(C)C)C(C(=O)Nc1c(C)cccc1C)c1cc(C)ccc1C. The van der Waals surface area contributed by atoms with Crippen LogP contribution in [0.25, 0.3) is 0 Å². The number of hydrogen-bond acceptors (Lipinski definition) is 5. The van der Waals surface area contributed by atoms with Crippen LogP contribution >= 0.6 is 12.6 Å². The number of hydrogen-bond donors (Lipinski definition) is 3. The van der Waals surface area contributed by atoms with E-state index in [1.165, 1.54) is 0 Å². The Hall–Kier alpha value is -3.00. The number of nitrogens with one attached hydrogen (secondary N) is 2. The third kappa shape index (κ3) is 8.24. The van der Waals surface area contributed by atoms with E-state index in [1.807, 2.05) is 84.9 Å². The van der Waals surface area contributed by atoms with Gasteiger partial charge < -0.3 is 20.3 Å². The highest BCUT2D eigenvalue weighted by atomic mass is 32.1. The maximum absolute atomic E-state index is 14.3. The zero-order valence-corrected chi connectivity index (χ0v) is 26.0. The number of carbonyl (C=O) groups is 3. The lowest BCUT2D eigenvalue weighted by molar-refractivity contribution is -0.147. The summed E-state index contributed by atoms with van der Waals surface area (Å²) in [7, 11) is 0. The molecule has 0 aromatic heterocycles. The van der Waals surface area contributed by atoms with Crippen LogP contribution < -0.4 is 10.6 Å². The van der Waals surface area contributed by atoms with E-state index in [1.54, 1.807) is 25.7 Å². The van der Waals surface area contributed by atoms with E-state index in [0.717, 1.165) is 33.5 Å². The summed E-state index contributed by atoms with van der Waals surface area (Å²) in [6.45, 7) is 18.9. The molecule has 2 rings (SSSR count). The Kier molecular flexibility index (Phi) is 10.7. The highest BCUT2D eigenvalue weighted by molar-refractivity contribution is 7.80. The molecule has 0 heterocycles. The minimum Gasteiger partial charge on any atom is -0.444 e. The molecule has 2 atom stereocenters. The van der Waals surface area contributed by atoms with Crippen LogP contribution in [0, 0.1) is 27.7 Å². The summed E-state index contributed by atoms with van der Waals surface area (Å²) in [5.41, 5.74) is 3.68. The van der Waals surface area contributed by atoms with Crippen LogP contribution in [-0.2, 0) is 14.3 Å². The molecule has 2 unspecified atom stereocenters. The smallest absolute Gasteiger partial charge is 0.408 e. The van der Waals surface area contributed by atoms with E-state index in [9.17, 15) is 14.4 Å². The summed E-state index contributed by atoms with van der Waals surface area (Å²) >= 11 is 4.39. The minimum absolute atomic E-state index is 0.0341. The molecule has 0 bridgehead atoms. The number of carbonyl (C=O) groups excluding carboxylic acids is 3. The average Bonchev–Trinajstić information content (AvgIpc) is 2.83. The van der Waals surface area contributed by atoms with E-state index in [0.29, 0.717) is 6.42 Å². The predicted molar refractivity (Wildman–Crippen MR) is 161 cm³/mol. The third-order valence-electron chi connectivity index (χ3n) is 6.89. The molecule has 0 spiro atoms. The first kappa shape index (κ1) is 32.2. The molecule has 8 heteroatoms. The molecule has 214 valence electrons. The number of thiol groups is 1. The summed E-state index contributed by atoms with van der Waals surface area (Å²) in [5.74, 6) is -0.705. The van der Waals surface area contributed by atoms with Gasteiger partial charge in [-0.15, -0.1) is 0 Å². The number of anilines is 1. The Morgan fingerprint density at radius 3 is 2.05 bits per heavy atom. The second-order valence-electron chi connectivity index (χ2n) is 11.8. The van der Waals surface area contributed by atoms with Crippen molar-refractivity contribution in [3.05, 3.63) is 64.2 Å². The molecule has 0 aliphatic carbocycles. The van der Waals surface area contributed by atoms with Gasteiger partial charge in [0.15, 0.2) is 0 Å². The highest BCUT2D eigenvalue weighted by Crippen LogP contribution is 2.35. The van der Waals surface area contributed by atoms with Crippen molar-refractivity contribution < 1.29 is 19.1 Å². The molecule has 7 nitrogen and oxygen atoms in total. The number of aryl methyl sites for hydroxylation is 4. The quantitative estimate of drug-likeness (QED) is 0.311. The van der Waals surface area contributed by atoms with Crippen molar-refractivity contribution in [2.45, 2.75) is 98.9 Å². The van der Waals surface area contributed by atoms with E-state index in [4.69, 9.17) is 4.74 Å². The molecule has 39 heavy (non-hydrogen) atoms. The zero-order chi connectivity index (χ0) is 29.7. The number of ether oxygens (including phenoxy) is 1. The Morgan fingerprint density at radius 2 is 1.54 bits per heavy atom. The standard InChI is InChI=1S/C31H45N3O4S/c1-11-31(9,10)34(28(36)24(18-39)32-29(37)38-30(6,7)8)26(23-17-19(2)15-16-20(23)3)27(35)33-25-21(4)13-12-14-22(25)5/h12-17,24,26,39H,11,18H2,1-10H3,(H,32,37)(H,33,35). The molecule has 0 aliphatic heterocycles. The molecule has 0 radical (unpaired) electrons. The Morgan fingerprint density at radius 1 is 0.949 bits per heavy atom. The fourth-order valence-electron chi connectivity index (χ4n) is 4.40. The molecule has 0 aliphatic rings. The molecular formula is C31H45N3O4S. The maximum atomic E-state index is 14.3. The van der Waals surface area contributed by atoms with Crippen molar-refractivity contribution in [3.63, 3.8) is 0 Å². The summed E-state index contributed by atoms with van der Waals surface area (Å²) in [6.07, 6.45) is -0.143. The van der Waals surface area contributed by atoms with Crippen LogP contribution in [0.5, 0.6) is 0 Å². The van der Waals surface area contributed by atoms with Crippen molar-refractivity contribution in [1.82, 2.24) is 10.2 Å². The van der Waals surface area contributed by atoms with Gasteiger partial charge in [-0.1, -0.05) is 48.9 Å². The lowest BCUT2D eigenvalue weighted by atomic mass is 9.89. The van der Waals surface area contributed by atoms with Gasteiger partial charge in [0.25, 0.3) is 5.91 Å². The van der Waals surface area contributed by atoms with Crippen LogP contribution in [-0.4, -0.2) is 45.7 Å². The predicted octanol–water partition coefficient (Wildman–Crippen LogP) is 6.44. The van der Waals surface area contributed by atoms with Crippen LogP contribution in [0.3, 0.4) is 0 Å². The fourth-order valence-corrected chi connectivity index (χ4v) is 4.65. The Balaban J connectivity index is 2.69. The number of amides is 3. The minimum atomic E-state index is -1.00. The van der Waals surface area contributed by atoms with E-state index >= 15 is 0 Å². The zero-order valence-electron chi connectivity index (χ0n) is 25.1. The van der Waals surface area contributed by atoms with E-state index < -0.39 is 35.2 Å². The van der Waals surface area contributed by atoms with Crippen LogP contribution in [0.4, 0.5) is 10.5 Å². The van der Waals surface area contributed by atoms with Gasteiger partial charge in [-0.3, -0.25) is 9.59 Å². The van der Waals surface area contributed by atoms with Crippen molar-refractivity contribution in [2.75, 3.05) is 11.1 Å². The molecule has 0 saturated heterocycles. The van der Waals surface area contributed by atoms with Crippen LogP contribution in [0.15, 0.2) is 36.4 Å². The van der Waals surface area contributed by atoms with Crippen molar-refractivity contribution >= 4 is 36.2 Å². The van der Waals surface area contributed by atoms with Gasteiger partial charge in [-0.2, -0.15) is 12.6 Å². The molecule has 2 N–H and O–H groups in total.